The quantitative estimate of drug-likeness (QED) is 0.0262. The van der Waals surface area contributed by atoms with Gasteiger partial charge >= 0.3 is 17.9 Å². The SMILES string of the molecule is CCCCCCC/C=C\CCCCCCCC(=O)OC(COC(=O)CCCCCCCCCCCCCCCC)COC(=O)CCCCCCCCCCCCCCCCCCC. The molecule has 0 spiro atoms. The largest absolute Gasteiger partial charge is 0.462 e. The second-order valence-corrected chi connectivity index (χ2v) is 19.2. The molecular weight excluding hydrogens is 781 g/mol. The molecule has 0 aliphatic heterocycles. The first-order chi connectivity index (χ1) is 31.0. The zero-order valence-electron chi connectivity index (χ0n) is 42.6. The highest BCUT2D eigenvalue weighted by Crippen LogP contribution is 2.17. The van der Waals surface area contributed by atoms with Crippen LogP contribution in [0.25, 0.3) is 0 Å². The Bertz CT molecular complexity index is 978. The van der Waals surface area contributed by atoms with E-state index in [1.165, 1.54) is 212 Å². The van der Waals surface area contributed by atoms with Gasteiger partial charge in [0.2, 0.25) is 0 Å². The van der Waals surface area contributed by atoms with Gasteiger partial charge in [-0.1, -0.05) is 264 Å². The second kappa shape index (κ2) is 52.8. The smallest absolute Gasteiger partial charge is 0.306 e. The van der Waals surface area contributed by atoms with Crippen LogP contribution in [0.4, 0.5) is 0 Å². The number of unbranched alkanes of at least 4 members (excludes halogenated alkanes) is 39. The summed E-state index contributed by atoms with van der Waals surface area (Å²) in [5, 5.41) is 0. The van der Waals surface area contributed by atoms with Crippen LogP contribution in [0.3, 0.4) is 0 Å². The summed E-state index contributed by atoms with van der Waals surface area (Å²) in [6, 6.07) is 0. The van der Waals surface area contributed by atoms with Crippen LogP contribution in [-0.4, -0.2) is 37.2 Å². The van der Waals surface area contributed by atoms with Crippen molar-refractivity contribution in [2.75, 3.05) is 13.2 Å². The van der Waals surface area contributed by atoms with Crippen molar-refractivity contribution in [3.05, 3.63) is 12.2 Å². The minimum absolute atomic E-state index is 0.0675. The molecule has 0 aliphatic rings. The first kappa shape index (κ1) is 61.1. The van der Waals surface area contributed by atoms with Gasteiger partial charge in [-0.05, 0) is 44.9 Å². The van der Waals surface area contributed by atoms with Gasteiger partial charge in [0.15, 0.2) is 6.10 Å². The average Bonchev–Trinajstić information content (AvgIpc) is 3.28. The maximum Gasteiger partial charge on any atom is 0.306 e. The summed E-state index contributed by atoms with van der Waals surface area (Å²) in [4.78, 5) is 38.1. The number of ether oxygens (including phenoxy) is 3. The van der Waals surface area contributed by atoms with Gasteiger partial charge in [-0.3, -0.25) is 14.4 Å². The number of rotatable bonds is 52. The molecule has 0 fully saturated rings. The van der Waals surface area contributed by atoms with Crippen molar-refractivity contribution in [3.8, 4) is 0 Å². The fraction of sp³-hybridized carbons (Fsp3) is 0.912. The number of carbonyl (C=O) groups is 3. The highest BCUT2D eigenvalue weighted by Gasteiger charge is 2.19. The van der Waals surface area contributed by atoms with Gasteiger partial charge in [-0.25, -0.2) is 0 Å². The van der Waals surface area contributed by atoms with Crippen LogP contribution < -0.4 is 0 Å². The summed E-state index contributed by atoms with van der Waals surface area (Å²) < 4.78 is 16.9. The van der Waals surface area contributed by atoms with E-state index in [9.17, 15) is 14.4 Å². The predicted molar refractivity (Wildman–Crippen MR) is 270 cm³/mol. The van der Waals surface area contributed by atoms with Crippen molar-refractivity contribution >= 4 is 17.9 Å². The van der Waals surface area contributed by atoms with E-state index in [1.54, 1.807) is 0 Å². The summed E-state index contributed by atoms with van der Waals surface area (Å²) >= 11 is 0. The molecule has 1 atom stereocenters. The Morgan fingerprint density at radius 3 is 0.794 bits per heavy atom. The minimum atomic E-state index is -0.768. The summed E-state index contributed by atoms with van der Waals surface area (Å²) in [6.07, 6.45) is 59.1. The predicted octanol–water partition coefficient (Wildman–Crippen LogP) is 18.5. The molecule has 0 heterocycles. The molecule has 6 heteroatoms. The summed E-state index contributed by atoms with van der Waals surface area (Å²) in [7, 11) is 0. The molecule has 0 saturated carbocycles. The van der Waals surface area contributed by atoms with E-state index in [0.717, 1.165) is 64.2 Å². The molecule has 1 unspecified atom stereocenters. The summed E-state index contributed by atoms with van der Waals surface area (Å²) in [6.45, 7) is 6.68. The number of allylic oxidation sites excluding steroid dienone is 2. The maximum absolute atomic E-state index is 12.8. The Hall–Kier alpha value is -1.85. The van der Waals surface area contributed by atoms with Gasteiger partial charge in [0.1, 0.15) is 13.2 Å². The third-order valence-corrected chi connectivity index (χ3v) is 12.8. The molecule has 0 radical (unpaired) electrons. The fourth-order valence-corrected chi connectivity index (χ4v) is 8.50. The van der Waals surface area contributed by atoms with Crippen molar-refractivity contribution in [2.24, 2.45) is 0 Å². The van der Waals surface area contributed by atoms with E-state index in [0.29, 0.717) is 19.3 Å². The van der Waals surface area contributed by atoms with Gasteiger partial charge in [0.05, 0.1) is 0 Å². The highest BCUT2D eigenvalue weighted by molar-refractivity contribution is 5.71. The van der Waals surface area contributed by atoms with E-state index in [-0.39, 0.29) is 31.1 Å². The number of esters is 3. The van der Waals surface area contributed by atoms with E-state index in [2.05, 4.69) is 32.9 Å². The lowest BCUT2D eigenvalue weighted by molar-refractivity contribution is -0.167. The Morgan fingerprint density at radius 2 is 0.524 bits per heavy atom. The van der Waals surface area contributed by atoms with Gasteiger partial charge in [0.25, 0.3) is 0 Å². The van der Waals surface area contributed by atoms with Crippen LogP contribution in [0, 0.1) is 0 Å². The van der Waals surface area contributed by atoms with Crippen molar-refractivity contribution in [3.63, 3.8) is 0 Å². The van der Waals surface area contributed by atoms with E-state index >= 15 is 0 Å². The molecule has 372 valence electrons. The average molecular weight is 889 g/mol. The monoisotopic (exact) mass is 889 g/mol. The maximum atomic E-state index is 12.8. The van der Waals surface area contributed by atoms with Gasteiger partial charge in [0, 0.05) is 19.3 Å². The Balaban J connectivity index is 4.31. The molecule has 0 aromatic carbocycles. The lowest BCUT2D eigenvalue weighted by atomic mass is 10.0. The lowest BCUT2D eigenvalue weighted by Gasteiger charge is -2.18. The number of hydrogen-bond acceptors (Lipinski definition) is 6. The van der Waals surface area contributed by atoms with Crippen LogP contribution in [0.5, 0.6) is 0 Å². The first-order valence-electron chi connectivity index (χ1n) is 28.2. The molecule has 0 aromatic rings. The molecule has 0 N–H and O–H groups in total. The standard InChI is InChI=1S/C57H108O6/c1-4-7-10-13-16-19-22-25-28-29-30-33-35-38-41-44-47-50-56(59)62-53-54(63-57(60)51-48-45-42-39-36-32-27-24-21-18-15-12-9-6-3)52-61-55(58)49-46-43-40-37-34-31-26-23-20-17-14-11-8-5-2/h24,27,54H,4-23,25-26,28-53H2,1-3H3/b27-24-. The minimum Gasteiger partial charge on any atom is -0.462 e. The molecule has 0 aromatic heterocycles. The summed E-state index contributed by atoms with van der Waals surface area (Å²) in [5.41, 5.74) is 0. The molecule has 0 amide bonds. The van der Waals surface area contributed by atoms with Crippen LogP contribution in [0.2, 0.25) is 0 Å². The number of hydrogen-bond donors (Lipinski definition) is 0. The molecular formula is C57H108O6. The van der Waals surface area contributed by atoms with Crippen molar-refractivity contribution in [1.82, 2.24) is 0 Å². The Kier molecular flexibility index (Phi) is 51.2. The molecule has 63 heavy (non-hydrogen) atoms. The number of carbonyl (C=O) groups excluding carboxylic acids is 3. The molecule has 0 saturated heterocycles. The first-order valence-corrected chi connectivity index (χ1v) is 28.2. The molecule has 0 aliphatic carbocycles. The van der Waals surface area contributed by atoms with Crippen molar-refractivity contribution in [1.29, 1.82) is 0 Å². The van der Waals surface area contributed by atoms with Crippen LogP contribution in [0.1, 0.15) is 316 Å². The zero-order valence-corrected chi connectivity index (χ0v) is 42.6. The van der Waals surface area contributed by atoms with Crippen molar-refractivity contribution < 1.29 is 28.6 Å². The normalized spacial score (nSPS) is 12.0. The Morgan fingerprint density at radius 1 is 0.302 bits per heavy atom. The van der Waals surface area contributed by atoms with Crippen LogP contribution in [0.15, 0.2) is 12.2 Å². The van der Waals surface area contributed by atoms with Crippen LogP contribution >= 0.6 is 0 Å². The van der Waals surface area contributed by atoms with Crippen molar-refractivity contribution in [2.45, 2.75) is 322 Å². The second-order valence-electron chi connectivity index (χ2n) is 19.2. The van der Waals surface area contributed by atoms with Gasteiger partial charge < -0.3 is 14.2 Å². The summed E-state index contributed by atoms with van der Waals surface area (Å²) in [5.74, 6) is -0.853. The van der Waals surface area contributed by atoms with E-state index < -0.39 is 6.10 Å². The van der Waals surface area contributed by atoms with E-state index in [1.807, 2.05) is 0 Å². The molecule has 0 bridgehead atoms. The van der Waals surface area contributed by atoms with Crippen LogP contribution in [-0.2, 0) is 28.6 Å². The topological polar surface area (TPSA) is 78.9 Å². The van der Waals surface area contributed by atoms with E-state index in [4.69, 9.17) is 14.2 Å². The fourth-order valence-electron chi connectivity index (χ4n) is 8.50. The highest BCUT2D eigenvalue weighted by atomic mass is 16.6. The third-order valence-electron chi connectivity index (χ3n) is 12.8. The zero-order chi connectivity index (χ0) is 45.8. The third kappa shape index (κ3) is 51.0. The van der Waals surface area contributed by atoms with Gasteiger partial charge in [-0.15, -0.1) is 0 Å². The Labute approximate surface area is 392 Å². The molecule has 6 nitrogen and oxygen atoms in total. The van der Waals surface area contributed by atoms with Gasteiger partial charge in [-0.2, -0.15) is 0 Å². The lowest BCUT2D eigenvalue weighted by Crippen LogP contribution is -2.30. The molecule has 0 rings (SSSR count).